The summed E-state index contributed by atoms with van der Waals surface area (Å²) in [6.45, 7) is 16.5. The third kappa shape index (κ3) is 25.9. The molecule has 19 heteroatoms. The van der Waals surface area contributed by atoms with Gasteiger partial charge in [0.05, 0.1) is 39.1 Å². The lowest BCUT2D eigenvalue weighted by molar-refractivity contribution is -0.870. The quantitative estimate of drug-likeness (QED) is 0.0123. The summed E-state index contributed by atoms with van der Waals surface area (Å²) in [4.78, 5) is 106. The highest BCUT2D eigenvalue weighted by Gasteiger charge is 2.44. The Bertz CT molecular complexity index is 3780. The zero-order valence-corrected chi connectivity index (χ0v) is 64.7. The Morgan fingerprint density at radius 2 is 1.24 bits per heavy atom. The molecule has 0 fully saturated rings. The molecular formula is C87H121N7O12+2. The number of amides is 4. The number of carbonyl (C=O) groups excluding carboxylic acids is 5. The van der Waals surface area contributed by atoms with Crippen LogP contribution in [-0.4, -0.2) is 143 Å². The number of fused-ring (bicyclic) bond motifs is 2. The van der Waals surface area contributed by atoms with Crippen molar-refractivity contribution in [1.29, 1.82) is 0 Å². The number of Topliss-reactive ketones (excluding diaryl/α,β-unsaturated/α-hetero) is 2. The second-order valence-electron chi connectivity index (χ2n) is 31.2. The number of nitrogens with one attached hydrogen (secondary N) is 4. The van der Waals surface area contributed by atoms with E-state index in [4.69, 9.17) is 9.84 Å². The number of ether oxygens (including phenoxy) is 1. The van der Waals surface area contributed by atoms with E-state index in [1.165, 1.54) is 33.9 Å². The van der Waals surface area contributed by atoms with E-state index >= 15 is 0 Å². The Morgan fingerprint density at radius 1 is 0.594 bits per heavy atom. The van der Waals surface area contributed by atoms with Gasteiger partial charge in [0.1, 0.15) is 35.9 Å². The van der Waals surface area contributed by atoms with Crippen LogP contribution in [0, 0.1) is 5.92 Å². The number of quaternary nitrogens is 1. The summed E-state index contributed by atoms with van der Waals surface area (Å²) in [7, 11) is 6.28. The van der Waals surface area contributed by atoms with Gasteiger partial charge in [0.15, 0.2) is 11.5 Å². The molecule has 4 aromatic carbocycles. The van der Waals surface area contributed by atoms with Crippen molar-refractivity contribution in [3.8, 4) is 5.75 Å². The smallest absolute Gasteiger partial charge is 0.326 e. The van der Waals surface area contributed by atoms with E-state index in [2.05, 4.69) is 166 Å². The molecule has 0 bridgehead atoms. The van der Waals surface area contributed by atoms with Crippen LogP contribution in [0.2, 0.25) is 0 Å². The average Bonchev–Trinajstić information content (AvgIpc) is 1.60. The fraction of sp³-hybridized carbons (Fsp3) is 0.529. The van der Waals surface area contributed by atoms with Crippen LogP contribution in [0.15, 0.2) is 150 Å². The number of anilines is 1. The zero-order chi connectivity index (χ0) is 76.8. The second-order valence-corrected chi connectivity index (χ2v) is 31.2. The molecule has 574 valence electrons. The third-order valence-electron chi connectivity index (χ3n) is 20.9. The molecule has 3 aliphatic rings. The van der Waals surface area contributed by atoms with Gasteiger partial charge in [-0.3, -0.25) is 24.0 Å². The molecule has 7 N–H and O–H groups in total. The van der Waals surface area contributed by atoms with Crippen LogP contribution in [0.1, 0.15) is 224 Å². The molecule has 1 aliphatic carbocycles. The van der Waals surface area contributed by atoms with Crippen molar-refractivity contribution >= 4 is 64.4 Å². The van der Waals surface area contributed by atoms with Crippen LogP contribution in [0.4, 0.5) is 16.2 Å². The number of benzene rings is 4. The van der Waals surface area contributed by atoms with Crippen LogP contribution in [0.25, 0.3) is 0 Å². The highest BCUT2D eigenvalue weighted by Crippen LogP contribution is 2.48. The Kier molecular flexibility index (Phi) is 33.2. The molecule has 7 rings (SSSR count). The summed E-state index contributed by atoms with van der Waals surface area (Å²) < 4.78 is 10.4. The molecule has 0 saturated carbocycles. The molecule has 106 heavy (non-hydrogen) atoms. The van der Waals surface area contributed by atoms with Gasteiger partial charge in [-0.1, -0.05) is 158 Å². The van der Waals surface area contributed by atoms with E-state index in [1.807, 2.05) is 54.6 Å². The summed E-state index contributed by atoms with van der Waals surface area (Å²) in [5, 5.41) is 39.8. The van der Waals surface area contributed by atoms with Gasteiger partial charge in [0.25, 0.3) is 0 Å². The molecule has 4 amide bonds. The first kappa shape index (κ1) is 84.3. The fourth-order valence-electron chi connectivity index (χ4n) is 14.8. The molecule has 2 aliphatic heterocycles. The topological polar surface area (TPSA) is 261 Å². The van der Waals surface area contributed by atoms with Crippen molar-refractivity contribution in [2.75, 3.05) is 52.2 Å². The summed E-state index contributed by atoms with van der Waals surface area (Å²) in [5.41, 5.74) is 10.9. The highest BCUT2D eigenvalue weighted by atomic mass is 16.5. The van der Waals surface area contributed by atoms with Crippen LogP contribution in [0.3, 0.4) is 0 Å². The number of carbonyl (C=O) groups is 8. The molecule has 4 atom stereocenters. The minimum atomic E-state index is -1.32. The molecular weight excluding hydrogens is 1330 g/mol. The van der Waals surface area contributed by atoms with Crippen LogP contribution >= 0.6 is 0 Å². The number of nitrogens with zero attached hydrogens (tertiary/aromatic N) is 3. The number of unbranched alkanes of at least 4 members (excludes halogenated alkanes) is 10. The van der Waals surface area contributed by atoms with Gasteiger partial charge in [-0.05, 0) is 156 Å². The predicted octanol–water partition coefficient (Wildman–Crippen LogP) is 15.5. The number of allylic oxidation sites excluding steroid dienone is 7. The van der Waals surface area contributed by atoms with Gasteiger partial charge in [-0.2, -0.15) is 4.58 Å². The highest BCUT2D eigenvalue weighted by molar-refractivity contribution is 6.03. The lowest BCUT2D eigenvalue weighted by Gasteiger charge is -2.27. The average molecular weight is 1460 g/mol. The molecule has 0 spiro atoms. The number of hydrogen-bond acceptors (Lipinski definition) is 10. The van der Waals surface area contributed by atoms with E-state index in [9.17, 15) is 48.6 Å². The Balaban J connectivity index is 1.03. The van der Waals surface area contributed by atoms with Crippen molar-refractivity contribution in [3.05, 3.63) is 172 Å². The predicted molar refractivity (Wildman–Crippen MR) is 420 cm³/mol. The van der Waals surface area contributed by atoms with E-state index < -0.39 is 53.9 Å². The first-order valence-electron chi connectivity index (χ1n) is 39.1. The second kappa shape index (κ2) is 41.8. The van der Waals surface area contributed by atoms with Crippen molar-refractivity contribution in [1.82, 2.24) is 21.3 Å². The maximum Gasteiger partial charge on any atom is 0.326 e. The minimum Gasteiger partial charge on any atom is -0.481 e. The first-order chi connectivity index (χ1) is 50.7. The van der Waals surface area contributed by atoms with Crippen molar-refractivity contribution in [3.63, 3.8) is 0 Å². The number of aliphatic carboxylic acids is 3. The van der Waals surface area contributed by atoms with E-state index in [0.29, 0.717) is 41.5 Å². The Morgan fingerprint density at radius 3 is 1.92 bits per heavy atom. The fourth-order valence-corrected chi connectivity index (χ4v) is 14.8. The van der Waals surface area contributed by atoms with Crippen LogP contribution < -0.4 is 30.9 Å². The molecule has 0 saturated heterocycles. The standard InChI is InChI=1S/C87H119N7O12/c1-10-12-28-56-92-74-41-25-23-39-69(74)86(3,4)77(92)53-47-64-36-31-37-65(48-54-78-87(5,6)70-40-24-26-42-75(70)93(78)57-29-13-11-2)81(64)106-68-50-45-63(46-51-68)60-73(84(103)104)90-82(100)66(35-27-30-58-94(7,8)9)61-76(96)72(59-62-33-19-18-20-34-62)89-79(97)43-22-17-15-14-16-21-38-67(95)49-52-71(83(101)102)91-85(105)88-55-32-44-80(98)99/h18-20,23-26,33-34,39-42,45-48,50-51,53-54,66,71-73H,10-17,21-22,27-32,35-38,43-44,49,52,55-61H2,1-9H3,(H5-2,88,89,90,91,97,98,99,100,101,102,103,104,105)/p+2/t66-,71+,72+,73+/m1/s1. The van der Waals surface area contributed by atoms with Gasteiger partial charge in [0.2, 0.25) is 17.5 Å². The SMILES string of the molecule is CCCCCN1/C(=C/C=C2\CCCC(/C=C/C3=[N+](CCCCC)c4ccccc4C3(C)C)=C2Oc2ccc(C[C@H](NC(=O)[C@H](CCCC[N+](C)(C)C)CC(=O)[C@H](Cc3ccccc3)NC(=O)CCCCCCCCC(=O)CC[C@H](NC(=O)NCCCC(=O)O)C(=O)O)C(=O)O)cc2)C(C)(C)c2ccccc21. The zero-order valence-electron chi connectivity index (χ0n) is 64.7. The number of ketones is 2. The maximum atomic E-state index is 14.7. The van der Waals surface area contributed by atoms with Gasteiger partial charge >= 0.3 is 23.9 Å². The van der Waals surface area contributed by atoms with E-state index in [-0.39, 0.29) is 92.6 Å². The van der Waals surface area contributed by atoms with Gasteiger partial charge < -0.3 is 50.7 Å². The van der Waals surface area contributed by atoms with Crippen LogP contribution in [0.5, 0.6) is 5.75 Å². The van der Waals surface area contributed by atoms with Gasteiger partial charge in [-0.15, -0.1) is 0 Å². The molecule has 0 unspecified atom stereocenters. The van der Waals surface area contributed by atoms with Gasteiger partial charge in [0, 0.05) is 98.5 Å². The number of hydrogen-bond donors (Lipinski definition) is 7. The lowest BCUT2D eigenvalue weighted by Crippen LogP contribution is -2.47. The van der Waals surface area contributed by atoms with Crippen molar-refractivity contribution in [2.24, 2.45) is 5.92 Å². The normalized spacial score (nSPS) is 16.5. The van der Waals surface area contributed by atoms with E-state index in [1.54, 1.807) is 0 Å². The van der Waals surface area contributed by atoms with Gasteiger partial charge in [-0.25, -0.2) is 14.4 Å². The molecule has 4 aromatic rings. The number of carboxylic acid groups (broad SMARTS) is 3. The summed E-state index contributed by atoms with van der Waals surface area (Å²) in [5.74, 6) is -4.22. The number of carboxylic acids is 3. The summed E-state index contributed by atoms with van der Waals surface area (Å²) in [6, 6.07) is 30.1. The molecule has 2 heterocycles. The Hall–Kier alpha value is -8.97. The Labute approximate surface area is 630 Å². The number of para-hydroxylation sites is 2. The number of rotatable bonds is 47. The third-order valence-corrected chi connectivity index (χ3v) is 20.9. The summed E-state index contributed by atoms with van der Waals surface area (Å²) >= 11 is 0. The largest absolute Gasteiger partial charge is 0.481 e. The molecule has 19 nitrogen and oxygen atoms in total. The van der Waals surface area contributed by atoms with Crippen LogP contribution in [-0.2, 0) is 57.2 Å². The van der Waals surface area contributed by atoms with E-state index in [0.717, 1.165) is 132 Å². The molecule has 0 radical (unpaired) electrons. The van der Waals surface area contributed by atoms with Crippen molar-refractivity contribution in [2.45, 2.75) is 244 Å². The lowest BCUT2D eigenvalue weighted by atomic mass is 9.81. The first-order valence-corrected chi connectivity index (χ1v) is 39.1. The maximum absolute atomic E-state index is 14.7. The van der Waals surface area contributed by atoms with Crippen molar-refractivity contribution < 1.29 is 67.5 Å². The molecule has 0 aromatic heterocycles. The summed E-state index contributed by atoms with van der Waals surface area (Å²) in [6.07, 6.45) is 24.9. The monoisotopic (exact) mass is 1460 g/mol. The minimum absolute atomic E-state index is 0.0236. The number of urea groups is 1.